The van der Waals surface area contributed by atoms with Crippen LogP contribution < -0.4 is 5.32 Å². The molecule has 4 heteroatoms. The Labute approximate surface area is 136 Å². The van der Waals surface area contributed by atoms with Crippen molar-refractivity contribution >= 4 is 11.6 Å². The van der Waals surface area contributed by atoms with Crippen LogP contribution in [0.25, 0.3) is 0 Å². The fraction of sp³-hybridized carbons (Fsp3) is 0.316. The third-order valence-electron chi connectivity index (χ3n) is 4.37. The molecule has 0 bridgehead atoms. The highest BCUT2D eigenvalue weighted by Crippen LogP contribution is 2.33. The number of hydrogen-bond donors (Lipinski definition) is 1. The second-order valence-corrected chi connectivity index (χ2v) is 6.08. The molecule has 0 radical (unpaired) electrons. The zero-order valence-electron chi connectivity index (χ0n) is 13.3. The topological polar surface area (TPSA) is 32.3 Å². The van der Waals surface area contributed by atoms with E-state index in [2.05, 4.69) is 34.5 Å². The quantitative estimate of drug-likeness (QED) is 0.932. The van der Waals surface area contributed by atoms with Crippen molar-refractivity contribution in [1.29, 1.82) is 0 Å². The van der Waals surface area contributed by atoms with Gasteiger partial charge in [0.2, 0.25) is 5.91 Å². The zero-order chi connectivity index (χ0) is 16.2. The Bertz CT molecular complexity index is 701. The number of hydrogen-bond acceptors (Lipinski definition) is 2. The number of benzene rings is 2. The smallest absolute Gasteiger partial charge is 0.238 e. The number of nitrogens with one attached hydrogen (secondary N) is 1. The summed E-state index contributed by atoms with van der Waals surface area (Å²) in [7, 11) is 1.97. The second-order valence-electron chi connectivity index (χ2n) is 6.08. The van der Waals surface area contributed by atoms with Gasteiger partial charge in [-0.05, 0) is 55.6 Å². The zero-order valence-corrected chi connectivity index (χ0v) is 13.3. The SMILES string of the molecule is CN(CC(=O)Nc1cccc(F)c1)[C@@H]1CCCc2ccccc21. The van der Waals surface area contributed by atoms with E-state index in [1.54, 1.807) is 12.1 Å². The van der Waals surface area contributed by atoms with Crippen LogP contribution in [0.3, 0.4) is 0 Å². The maximum atomic E-state index is 13.2. The van der Waals surface area contributed by atoms with Gasteiger partial charge in [0.15, 0.2) is 0 Å². The minimum absolute atomic E-state index is 0.124. The average Bonchev–Trinajstić information content (AvgIpc) is 2.54. The Morgan fingerprint density at radius 2 is 2.09 bits per heavy atom. The van der Waals surface area contributed by atoms with Crippen molar-refractivity contribution in [3.05, 3.63) is 65.5 Å². The van der Waals surface area contributed by atoms with Gasteiger partial charge in [-0.1, -0.05) is 30.3 Å². The summed E-state index contributed by atoms with van der Waals surface area (Å²) in [5.74, 6) is -0.474. The molecule has 0 aliphatic heterocycles. The van der Waals surface area contributed by atoms with Crippen LogP contribution in [0.4, 0.5) is 10.1 Å². The summed E-state index contributed by atoms with van der Waals surface area (Å²) < 4.78 is 13.2. The first-order valence-electron chi connectivity index (χ1n) is 7.97. The van der Waals surface area contributed by atoms with Crippen molar-refractivity contribution in [2.24, 2.45) is 0 Å². The van der Waals surface area contributed by atoms with Crippen LogP contribution >= 0.6 is 0 Å². The summed E-state index contributed by atoms with van der Waals surface area (Å²) in [6, 6.07) is 14.7. The standard InChI is InChI=1S/C19H21FN2O/c1-22(13-19(23)21-16-9-5-8-15(20)12-16)18-11-4-7-14-6-2-3-10-17(14)18/h2-3,5-6,8-10,12,18H,4,7,11,13H2,1H3,(H,21,23)/t18-/m1/s1. The number of likely N-dealkylation sites (N-methyl/N-ethyl adjacent to an activating group) is 1. The van der Waals surface area contributed by atoms with E-state index in [-0.39, 0.29) is 24.3 Å². The van der Waals surface area contributed by atoms with Crippen LogP contribution in [-0.4, -0.2) is 24.4 Å². The Balaban J connectivity index is 1.65. The van der Waals surface area contributed by atoms with Crippen LogP contribution in [0, 0.1) is 5.82 Å². The average molecular weight is 312 g/mol. The fourth-order valence-corrected chi connectivity index (χ4v) is 3.29. The number of anilines is 1. The monoisotopic (exact) mass is 312 g/mol. The van der Waals surface area contributed by atoms with Crippen molar-refractivity contribution in [3.8, 4) is 0 Å². The van der Waals surface area contributed by atoms with E-state index < -0.39 is 0 Å². The van der Waals surface area contributed by atoms with Crippen LogP contribution in [0.2, 0.25) is 0 Å². The van der Waals surface area contributed by atoms with E-state index in [9.17, 15) is 9.18 Å². The van der Waals surface area contributed by atoms with Gasteiger partial charge >= 0.3 is 0 Å². The largest absolute Gasteiger partial charge is 0.325 e. The minimum Gasteiger partial charge on any atom is -0.325 e. The maximum Gasteiger partial charge on any atom is 0.238 e. The van der Waals surface area contributed by atoms with Crippen molar-refractivity contribution in [2.45, 2.75) is 25.3 Å². The van der Waals surface area contributed by atoms with Crippen LogP contribution in [0.1, 0.15) is 30.0 Å². The van der Waals surface area contributed by atoms with Crippen LogP contribution in [-0.2, 0) is 11.2 Å². The Morgan fingerprint density at radius 3 is 2.91 bits per heavy atom. The van der Waals surface area contributed by atoms with Gasteiger partial charge in [-0.15, -0.1) is 0 Å². The van der Waals surface area contributed by atoms with E-state index >= 15 is 0 Å². The van der Waals surface area contributed by atoms with E-state index in [4.69, 9.17) is 0 Å². The molecule has 3 nitrogen and oxygen atoms in total. The molecular formula is C19H21FN2O. The Hall–Kier alpha value is -2.20. The van der Waals surface area contributed by atoms with E-state index in [1.807, 2.05) is 7.05 Å². The van der Waals surface area contributed by atoms with Crippen LogP contribution in [0.5, 0.6) is 0 Å². The molecule has 1 amide bonds. The summed E-state index contributed by atoms with van der Waals surface area (Å²) in [5, 5.41) is 2.76. The molecule has 0 unspecified atom stereocenters. The first-order valence-corrected chi connectivity index (χ1v) is 7.97. The molecule has 0 spiro atoms. The number of rotatable bonds is 4. The third kappa shape index (κ3) is 3.77. The molecule has 0 saturated heterocycles. The van der Waals surface area contributed by atoms with Gasteiger partial charge in [0.1, 0.15) is 5.82 Å². The van der Waals surface area contributed by atoms with Crippen molar-refractivity contribution in [3.63, 3.8) is 0 Å². The highest BCUT2D eigenvalue weighted by Gasteiger charge is 2.24. The van der Waals surface area contributed by atoms with E-state index in [0.29, 0.717) is 5.69 Å². The number of amides is 1. The molecule has 3 rings (SSSR count). The molecule has 0 fully saturated rings. The maximum absolute atomic E-state index is 13.2. The third-order valence-corrected chi connectivity index (χ3v) is 4.37. The van der Waals surface area contributed by atoms with Gasteiger partial charge in [0, 0.05) is 11.7 Å². The summed E-state index contributed by atoms with van der Waals surface area (Å²) in [5.41, 5.74) is 3.19. The predicted octanol–water partition coefficient (Wildman–Crippen LogP) is 3.77. The molecular weight excluding hydrogens is 291 g/mol. The van der Waals surface area contributed by atoms with Gasteiger partial charge in [-0.25, -0.2) is 4.39 Å². The van der Waals surface area contributed by atoms with Crippen molar-refractivity contribution in [1.82, 2.24) is 4.90 Å². The second kappa shape index (κ2) is 6.92. The molecule has 0 heterocycles. The lowest BCUT2D eigenvalue weighted by molar-refractivity contribution is -0.117. The highest BCUT2D eigenvalue weighted by molar-refractivity contribution is 5.92. The van der Waals surface area contributed by atoms with Crippen molar-refractivity contribution < 1.29 is 9.18 Å². The van der Waals surface area contributed by atoms with Crippen LogP contribution in [0.15, 0.2) is 48.5 Å². The Kier molecular flexibility index (Phi) is 4.72. The van der Waals surface area contributed by atoms with Gasteiger partial charge in [-0.3, -0.25) is 9.69 Å². The van der Waals surface area contributed by atoms with Gasteiger partial charge < -0.3 is 5.32 Å². The lowest BCUT2D eigenvalue weighted by atomic mass is 9.87. The number of nitrogens with zero attached hydrogens (tertiary/aromatic N) is 1. The summed E-state index contributed by atoms with van der Waals surface area (Å²) in [6.45, 7) is 0.287. The van der Waals surface area contributed by atoms with Gasteiger partial charge in [0.25, 0.3) is 0 Å². The molecule has 0 aromatic heterocycles. The molecule has 120 valence electrons. The van der Waals surface area contributed by atoms with E-state index in [1.165, 1.54) is 23.3 Å². The number of fused-ring (bicyclic) bond motifs is 1. The lowest BCUT2D eigenvalue weighted by Crippen LogP contribution is -2.34. The number of carbonyl (C=O) groups is 1. The number of carbonyl (C=O) groups excluding carboxylic acids is 1. The normalized spacial score (nSPS) is 16.9. The molecule has 23 heavy (non-hydrogen) atoms. The summed E-state index contributed by atoms with van der Waals surface area (Å²) in [4.78, 5) is 14.3. The Morgan fingerprint density at radius 1 is 1.26 bits per heavy atom. The lowest BCUT2D eigenvalue weighted by Gasteiger charge is -2.32. The molecule has 1 aliphatic carbocycles. The molecule has 1 aliphatic rings. The first kappa shape index (κ1) is 15.7. The molecule has 1 atom stereocenters. The fourth-order valence-electron chi connectivity index (χ4n) is 3.29. The first-order chi connectivity index (χ1) is 11.1. The highest BCUT2D eigenvalue weighted by atomic mass is 19.1. The number of halogens is 1. The molecule has 0 saturated carbocycles. The van der Waals surface area contributed by atoms with E-state index in [0.717, 1.165) is 19.3 Å². The van der Waals surface area contributed by atoms with Crippen molar-refractivity contribution in [2.75, 3.05) is 18.9 Å². The van der Waals surface area contributed by atoms with Gasteiger partial charge in [0.05, 0.1) is 6.54 Å². The minimum atomic E-state index is -0.350. The summed E-state index contributed by atoms with van der Waals surface area (Å²) >= 11 is 0. The predicted molar refractivity (Wildman–Crippen MR) is 89.8 cm³/mol. The number of aryl methyl sites for hydroxylation is 1. The molecule has 2 aromatic rings. The molecule has 2 aromatic carbocycles. The summed E-state index contributed by atoms with van der Waals surface area (Å²) in [6.07, 6.45) is 3.30. The molecule has 1 N–H and O–H groups in total. The van der Waals surface area contributed by atoms with Gasteiger partial charge in [-0.2, -0.15) is 0 Å².